The Balaban J connectivity index is 1.58. The molecule has 6 heteroatoms. The number of nitrogens with one attached hydrogen (secondary N) is 1. The van der Waals surface area contributed by atoms with Gasteiger partial charge in [-0.3, -0.25) is 9.59 Å². The van der Waals surface area contributed by atoms with E-state index in [1.54, 1.807) is 54.6 Å². The average molecular weight is 355 g/mol. The number of carbonyl (C=O) groups is 2. The topological polar surface area (TPSA) is 55.4 Å². The minimum Gasteiger partial charge on any atom is -0.426 e. The number of benzene rings is 2. The molecule has 0 atom stereocenters. The number of rotatable bonds is 5. The van der Waals surface area contributed by atoms with E-state index in [0.29, 0.717) is 16.3 Å². The minimum absolute atomic E-state index is 0.149. The summed E-state index contributed by atoms with van der Waals surface area (Å²) in [6.45, 7) is 0. The number of ether oxygens (including phenoxy) is 1. The smallest absolute Gasteiger partial charge is 0.315 e. The first-order chi connectivity index (χ1) is 12.1. The summed E-state index contributed by atoms with van der Waals surface area (Å²) in [6, 6.07) is 16.0. The monoisotopic (exact) mass is 355 g/mol. The normalized spacial score (nSPS) is 10.3. The van der Waals surface area contributed by atoms with E-state index in [-0.39, 0.29) is 17.9 Å². The summed E-state index contributed by atoms with van der Waals surface area (Å²) in [5, 5.41) is 4.58. The van der Waals surface area contributed by atoms with Gasteiger partial charge in [0, 0.05) is 5.69 Å². The van der Waals surface area contributed by atoms with Crippen molar-refractivity contribution in [2.24, 2.45) is 0 Å². The molecule has 0 saturated carbocycles. The van der Waals surface area contributed by atoms with E-state index in [0.717, 1.165) is 0 Å². The van der Waals surface area contributed by atoms with Crippen LogP contribution >= 0.6 is 11.3 Å². The van der Waals surface area contributed by atoms with Crippen LogP contribution in [0.3, 0.4) is 0 Å². The number of carbonyl (C=O) groups excluding carboxylic acids is 2. The van der Waals surface area contributed by atoms with Crippen LogP contribution in [0.15, 0.2) is 66.0 Å². The highest BCUT2D eigenvalue weighted by Crippen LogP contribution is 2.18. The molecule has 3 rings (SSSR count). The Hall–Kier alpha value is -2.99. The van der Waals surface area contributed by atoms with Gasteiger partial charge in [0.05, 0.1) is 11.3 Å². The molecule has 1 amide bonds. The number of esters is 1. The van der Waals surface area contributed by atoms with Crippen molar-refractivity contribution in [1.82, 2.24) is 0 Å². The highest BCUT2D eigenvalue weighted by atomic mass is 32.1. The zero-order valence-corrected chi connectivity index (χ0v) is 13.9. The molecule has 1 aromatic heterocycles. The highest BCUT2D eigenvalue weighted by Gasteiger charge is 2.11. The van der Waals surface area contributed by atoms with Crippen molar-refractivity contribution in [3.05, 3.63) is 82.3 Å². The number of hydrogen-bond acceptors (Lipinski definition) is 4. The summed E-state index contributed by atoms with van der Waals surface area (Å²) < 4.78 is 18.7. The Morgan fingerprint density at radius 2 is 1.76 bits per heavy atom. The summed E-state index contributed by atoms with van der Waals surface area (Å²) in [4.78, 5) is 24.5. The Bertz CT molecular complexity index is 876. The lowest BCUT2D eigenvalue weighted by atomic mass is 10.1. The number of halogens is 1. The molecule has 0 unspecified atom stereocenters. The maximum absolute atomic E-state index is 13.5. The molecule has 0 aliphatic rings. The van der Waals surface area contributed by atoms with E-state index < -0.39 is 11.8 Å². The molecule has 0 aliphatic carbocycles. The molecule has 0 aliphatic heterocycles. The lowest BCUT2D eigenvalue weighted by Crippen LogP contribution is -2.12. The van der Waals surface area contributed by atoms with E-state index in [1.807, 2.05) is 5.38 Å². The van der Waals surface area contributed by atoms with Gasteiger partial charge in [0.2, 0.25) is 0 Å². The van der Waals surface area contributed by atoms with Gasteiger partial charge in [-0.25, -0.2) is 4.39 Å². The predicted octanol–water partition coefficient (Wildman–Crippen LogP) is 4.29. The first kappa shape index (κ1) is 16.9. The molecule has 0 radical (unpaired) electrons. The lowest BCUT2D eigenvalue weighted by Gasteiger charge is -2.07. The van der Waals surface area contributed by atoms with Crippen molar-refractivity contribution in [2.45, 2.75) is 6.42 Å². The van der Waals surface area contributed by atoms with Crippen LogP contribution in [0.5, 0.6) is 5.75 Å². The highest BCUT2D eigenvalue weighted by molar-refractivity contribution is 7.12. The van der Waals surface area contributed by atoms with Crippen molar-refractivity contribution in [3.8, 4) is 5.75 Å². The summed E-state index contributed by atoms with van der Waals surface area (Å²) >= 11 is 1.35. The van der Waals surface area contributed by atoms with Gasteiger partial charge in [-0.15, -0.1) is 11.3 Å². The van der Waals surface area contributed by atoms with Gasteiger partial charge in [0.15, 0.2) is 0 Å². The second-order valence-corrected chi connectivity index (χ2v) is 6.15. The molecule has 2 aromatic carbocycles. The zero-order chi connectivity index (χ0) is 17.6. The molecule has 0 saturated heterocycles. The van der Waals surface area contributed by atoms with Crippen LogP contribution in [-0.2, 0) is 11.2 Å². The SMILES string of the molecule is O=C(Cc1ccccc1F)Oc1ccc(NC(=O)c2cccs2)cc1. The first-order valence-corrected chi connectivity index (χ1v) is 8.39. The molecule has 3 aromatic rings. The molecule has 25 heavy (non-hydrogen) atoms. The molecule has 4 nitrogen and oxygen atoms in total. The first-order valence-electron chi connectivity index (χ1n) is 7.51. The van der Waals surface area contributed by atoms with Gasteiger partial charge >= 0.3 is 5.97 Å². The summed E-state index contributed by atoms with van der Waals surface area (Å²) in [6.07, 6.45) is -0.149. The van der Waals surface area contributed by atoms with Crippen LogP contribution in [0.2, 0.25) is 0 Å². The molecule has 126 valence electrons. The van der Waals surface area contributed by atoms with Crippen LogP contribution in [0.25, 0.3) is 0 Å². The van der Waals surface area contributed by atoms with Crippen LogP contribution in [0, 0.1) is 5.82 Å². The third kappa shape index (κ3) is 4.51. The second kappa shape index (κ2) is 7.72. The quantitative estimate of drug-likeness (QED) is 0.549. The Labute approximate surface area is 147 Å². The van der Waals surface area contributed by atoms with Crippen molar-refractivity contribution in [2.75, 3.05) is 5.32 Å². The fourth-order valence-electron chi connectivity index (χ4n) is 2.17. The van der Waals surface area contributed by atoms with Gasteiger partial charge < -0.3 is 10.1 Å². The molecular weight excluding hydrogens is 341 g/mol. The van der Waals surface area contributed by atoms with E-state index in [9.17, 15) is 14.0 Å². The number of hydrogen-bond donors (Lipinski definition) is 1. The van der Waals surface area contributed by atoms with Crippen molar-refractivity contribution in [1.29, 1.82) is 0 Å². The van der Waals surface area contributed by atoms with E-state index in [1.165, 1.54) is 17.4 Å². The number of thiophene rings is 1. The largest absolute Gasteiger partial charge is 0.426 e. The van der Waals surface area contributed by atoms with E-state index in [4.69, 9.17) is 4.74 Å². The molecule has 0 bridgehead atoms. The Kier molecular flexibility index (Phi) is 5.20. The van der Waals surface area contributed by atoms with Crippen molar-refractivity contribution >= 4 is 28.9 Å². The summed E-state index contributed by atoms with van der Waals surface area (Å²) in [5.41, 5.74) is 0.875. The summed E-state index contributed by atoms with van der Waals surface area (Å²) in [7, 11) is 0. The van der Waals surface area contributed by atoms with E-state index >= 15 is 0 Å². The number of amides is 1. The molecule has 0 fully saturated rings. The maximum Gasteiger partial charge on any atom is 0.315 e. The predicted molar refractivity (Wildman–Crippen MR) is 94.5 cm³/mol. The average Bonchev–Trinajstić information content (AvgIpc) is 3.13. The fraction of sp³-hybridized carbons (Fsp3) is 0.0526. The zero-order valence-electron chi connectivity index (χ0n) is 13.1. The third-order valence-electron chi connectivity index (χ3n) is 3.38. The van der Waals surface area contributed by atoms with Crippen LogP contribution < -0.4 is 10.1 Å². The second-order valence-electron chi connectivity index (χ2n) is 5.20. The van der Waals surface area contributed by atoms with Gasteiger partial charge in [0.25, 0.3) is 5.91 Å². The molecular formula is C19H14FNO3S. The standard InChI is InChI=1S/C19H14FNO3S/c20-16-5-2-1-4-13(16)12-18(22)24-15-9-7-14(8-10-15)21-19(23)17-6-3-11-25-17/h1-11H,12H2,(H,21,23). The minimum atomic E-state index is -0.555. The van der Waals surface area contributed by atoms with Crippen LogP contribution in [0.4, 0.5) is 10.1 Å². The lowest BCUT2D eigenvalue weighted by molar-refractivity contribution is -0.133. The van der Waals surface area contributed by atoms with Crippen molar-refractivity contribution < 1.29 is 18.7 Å². The molecule has 0 spiro atoms. The van der Waals surface area contributed by atoms with Gasteiger partial charge in [0.1, 0.15) is 11.6 Å². The van der Waals surface area contributed by atoms with Gasteiger partial charge in [-0.2, -0.15) is 0 Å². The fourth-order valence-corrected chi connectivity index (χ4v) is 2.79. The third-order valence-corrected chi connectivity index (χ3v) is 4.25. The van der Waals surface area contributed by atoms with Crippen LogP contribution in [-0.4, -0.2) is 11.9 Å². The molecule has 1 heterocycles. The Morgan fingerprint density at radius 3 is 2.44 bits per heavy atom. The summed E-state index contributed by atoms with van der Waals surface area (Å²) in [5.74, 6) is -0.860. The van der Waals surface area contributed by atoms with Crippen molar-refractivity contribution in [3.63, 3.8) is 0 Å². The van der Waals surface area contributed by atoms with Gasteiger partial charge in [-0.05, 0) is 47.3 Å². The Morgan fingerprint density at radius 1 is 1.00 bits per heavy atom. The van der Waals surface area contributed by atoms with Gasteiger partial charge in [-0.1, -0.05) is 24.3 Å². The van der Waals surface area contributed by atoms with E-state index in [2.05, 4.69) is 5.32 Å². The van der Waals surface area contributed by atoms with Crippen LogP contribution in [0.1, 0.15) is 15.2 Å². The number of anilines is 1. The maximum atomic E-state index is 13.5. The molecule has 1 N–H and O–H groups in total.